The predicted octanol–water partition coefficient (Wildman–Crippen LogP) is 3.21. The average Bonchev–Trinajstić information content (AvgIpc) is 2.47. The van der Waals surface area contributed by atoms with E-state index in [0.29, 0.717) is 6.42 Å². The topological polar surface area (TPSA) is 74.2 Å². The molecule has 0 unspecified atom stereocenters. The number of aromatic nitrogens is 1. The van der Waals surface area contributed by atoms with Crippen molar-refractivity contribution in [3.05, 3.63) is 18.3 Å². The maximum absolute atomic E-state index is 12.5. The molecule has 0 radical (unpaired) electrons. The predicted molar refractivity (Wildman–Crippen MR) is 95.5 cm³/mol. The molecule has 3 N–H and O–H groups in total. The Morgan fingerprint density at radius 2 is 1.88 bits per heavy atom. The Balaban J connectivity index is 1.35. The van der Waals surface area contributed by atoms with Crippen LogP contribution in [0.4, 0.5) is 5.82 Å². The summed E-state index contributed by atoms with van der Waals surface area (Å²) in [7, 11) is 0. The van der Waals surface area contributed by atoms with E-state index in [4.69, 9.17) is 12.2 Å². The first kappa shape index (κ1) is 15.8. The number of hydrogen-bond acceptors (Lipinski definition) is 4. The molecule has 4 saturated carbocycles. The van der Waals surface area contributed by atoms with E-state index in [9.17, 15) is 9.90 Å². The van der Waals surface area contributed by atoms with Gasteiger partial charge in [-0.2, -0.15) is 0 Å². The van der Waals surface area contributed by atoms with Crippen LogP contribution in [0.25, 0.3) is 0 Å². The van der Waals surface area contributed by atoms with Crippen LogP contribution in [-0.4, -0.2) is 21.1 Å². The second-order valence-corrected chi connectivity index (χ2v) is 8.38. The molecular weight excluding hydrogens is 322 g/mol. The quantitative estimate of drug-likeness (QED) is 0.734. The summed E-state index contributed by atoms with van der Waals surface area (Å²) in [5.74, 6) is 2.75. The minimum Gasteiger partial charge on any atom is -0.504 e. The van der Waals surface area contributed by atoms with Gasteiger partial charge in [-0.3, -0.25) is 4.79 Å². The van der Waals surface area contributed by atoms with E-state index < -0.39 is 0 Å². The summed E-state index contributed by atoms with van der Waals surface area (Å²) in [5, 5.41) is 15.4. The van der Waals surface area contributed by atoms with Crippen LogP contribution < -0.4 is 10.6 Å². The van der Waals surface area contributed by atoms with Crippen molar-refractivity contribution in [2.45, 2.75) is 44.9 Å². The highest BCUT2D eigenvalue weighted by atomic mass is 32.1. The number of rotatable bonds is 3. The molecule has 24 heavy (non-hydrogen) atoms. The zero-order valence-corrected chi connectivity index (χ0v) is 14.4. The third-order valence-corrected chi connectivity index (χ3v) is 6.18. The van der Waals surface area contributed by atoms with Crippen molar-refractivity contribution in [2.75, 3.05) is 5.32 Å². The van der Waals surface area contributed by atoms with Gasteiger partial charge in [0.15, 0.2) is 16.7 Å². The summed E-state index contributed by atoms with van der Waals surface area (Å²) in [5.41, 5.74) is 0.196. The molecule has 4 fully saturated rings. The van der Waals surface area contributed by atoms with Crippen LogP contribution in [0.15, 0.2) is 18.3 Å². The van der Waals surface area contributed by atoms with E-state index >= 15 is 0 Å². The number of nitrogens with one attached hydrogen (secondary N) is 2. The van der Waals surface area contributed by atoms with Crippen LogP contribution in [0.5, 0.6) is 5.75 Å². The highest BCUT2D eigenvalue weighted by molar-refractivity contribution is 7.80. The summed E-state index contributed by atoms with van der Waals surface area (Å²) < 4.78 is 0. The molecule has 1 amide bonds. The van der Waals surface area contributed by atoms with Gasteiger partial charge in [0.25, 0.3) is 0 Å². The molecule has 4 aliphatic carbocycles. The molecule has 0 spiro atoms. The Bertz CT molecular complexity index is 641. The molecule has 1 aromatic rings. The lowest BCUT2D eigenvalue weighted by atomic mass is 9.49. The van der Waals surface area contributed by atoms with Gasteiger partial charge in [-0.25, -0.2) is 4.98 Å². The summed E-state index contributed by atoms with van der Waals surface area (Å²) in [4.78, 5) is 16.5. The highest BCUT2D eigenvalue weighted by Gasteiger charge is 2.51. The average molecular weight is 345 g/mol. The maximum Gasteiger partial charge on any atom is 0.226 e. The van der Waals surface area contributed by atoms with Crippen molar-refractivity contribution in [1.29, 1.82) is 0 Å². The first-order valence-corrected chi connectivity index (χ1v) is 9.17. The fourth-order valence-corrected chi connectivity index (χ4v) is 5.86. The number of nitrogens with zero attached hydrogens (tertiary/aromatic N) is 1. The van der Waals surface area contributed by atoms with Crippen molar-refractivity contribution in [2.24, 2.45) is 23.2 Å². The number of aromatic hydroxyl groups is 1. The fraction of sp³-hybridized carbons (Fsp3) is 0.611. The molecule has 0 aliphatic heterocycles. The Hall–Kier alpha value is -1.69. The molecule has 0 saturated heterocycles. The van der Waals surface area contributed by atoms with Gasteiger partial charge in [-0.05, 0) is 86.0 Å². The van der Waals surface area contributed by atoms with Crippen LogP contribution in [-0.2, 0) is 4.79 Å². The summed E-state index contributed by atoms with van der Waals surface area (Å²) in [6, 6.07) is 3.16. The largest absolute Gasteiger partial charge is 0.504 e. The second kappa shape index (κ2) is 5.99. The van der Waals surface area contributed by atoms with E-state index in [1.54, 1.807) is 12.3 Å². The van der Waals surface area contributed by atoms with E-state index in [-0.39, 0.29) is 28.0 Å². The molecule has 4 bridgehead atoms. The molecule has 4 aliphatic rings. The lowest BCUT2D eigenvalue weighted by molar-refractivity contribution is -0.127. The van der Waals surface area contributed by atoms with Crippen molar-refractivity contribution in [1.82, 2.24) is 10.3 Å². The number of carbonyl (C=O) groups is 1. The smallest absolute Gasteiger partial charge is 0.226 e. The summed E-state index contributed by atoms with van der Waals surface area (Å²) in [6.07, 6.45) is 9.85. The molecule has 0 atom stereocenters. The zero-order chi connectivity index (χ0) is 16.7. The van der Waals surface area contributed by atoms with Crippen molar-refractivity contribution in [3.8, 4) is 5.75 Å². The van der Waals surface area contributed by atoms with Gasteiger partial charge in [0.1, 0.15) is 0 Å². The Kier molecular flexibility index (Phi) is 3.95. The van der Waals surface area contributed by atoms with Gasteiger partial charge >= 0.3 is 0 Å². The van der Waals surface area contributed by atoms with Crippen LogP contribution in [0.2, 0.25) is 0 Å². The third-order valence-electron chi connectivity index (χ3n) is 5.97. The minimum absolute atomic E-state index is 0.00943. The Morgan fingerprint density at radius 1 is 1.25 bits per heavy atom. The van der Waals surface area contributed by atoms with Crippen LogP contribution in [0.3, 0.4) is 0 Å². The first-order chi connectivity index (χ1) is 11.5. The SMILES string of the molecule is O=C(CC12CC3CC(CC(C3)C1)C2)NC(=S)Nc1ncccc1O. The molecule has 6 heteroatoms. The lowest BCUT2D eigenvalue weighted by Crippen LogP contribution is -2.48. The van der Waals surface area contributed by atoms with E-state index in [0.717, 1.165) is 17.8 Å². The zero-order valence-electron chi connectivity index (χ0n) is 13.6. The van der Waals surface area contributed by atoms with Crippen molar-refractivity contribution >= 4 is 29.1 Å². The number of thiocarbonyl (C=S) groups is 1. The van der Waals surface area contributed by atoms with Gasteiger partial charge in [0, 0.05) is 12.6 Å². The molecule has 0 aromatic carbocycles. The van der Waals surface area contributed by atoms with Crippen LogP contribution in [0, 0.1) is 23.2 Å². The van der Waals surface area contributed by atoms with Gasteiger partial charge in [0.2, 0.25) is 5.91 Å². The lowest BCUT2D eigenvalue weighted by Gasteiger charge is -2.56. The monoisotopic (exact) mass is 345 g/mol. The van der Waals surface area contributed by atoms with Gasteiger partial charge in [-0.1, -0.05) is 0 Å². The fourth-order valence-electron chi connectivity index (χ4n) is 5.65. The van der Waals surface area contributed by atoms with E-state index in [1.807, 2.05) is 0 Å². The highest BCUT2D eigenvalue weighted by Crippen LogP contribution is 2.61. The van der Waals surface area contributed by atoms with Gasteiger partial charge in [0.05, 0.1) is 0 Å². The third kappa shape index (κ3) is 3.11. The number of hydrogen-bond donors (Lipinski definition) is 3. The molecular formula is C18H23N3O2S. The minimum atomic E-state index is -0.0233. The maximum atomic E-state index is 12.5. The van der Waals surface area contributed by atoms with Crippen LogP contribution in [0.1, 0.15) is 44.9 Å². The van der Waals surface area contributed by atoms with E-state index in [2.05, 4.69) is 15.6 Å². The molecule has 1 aromatic heterocycles. The van der Waals surface area contributed by atoms with E-state index in [1.165, 1.54) is 44.6 Å². The van der Waals surface area contributed by atoms with Crippen LogP contribution >= 0.6 is 12.2 Å². The Labute approximate surface area is 147 Å². The second-order valence-electron chi connectivity index (χ2n) is 7.97. The van der Waals surface area contributed by atoms with Crippen molar-refractivity contribution < 1.29 is 9.90 Å². The normalized spacial score (nSPS) is 33.2. The summed E-state index contributed by atoms with van der Waals surface area (Å²) >= 11 is 5.19. The molecule has 128 valence electrons. The number of carbonyl (C=O) groups excluding carboxylic acids is 1. The molecule has 5 nitrogen and oxygen atoms in total. The first-order valence-electron chi connectivity index (χ1n) is 8.76. The summed E-state index contributed by atoms with van der Waals surface area (Å²) in [6.45, 7) is 0. The number of amides is 1. The van der Waals surface area contributed by atoms with Gasteiger partial charge in [-0.15, -0.1) is 0 Å². The van der Waals surface area contributed by atoms with Gasteiger partial charge < -0.3 is 15.7 Å². The number of anilines is 1. The Morgan fingerprint density at radius 3 is 2.46 bits per heavy atom. The molecule has 1 heterocycles. The molecule has 5 rings (SSSR count). The number of pyridine rings is 1. The standard InChI is InChI=1S/C18H23N3O2S/c22-14-2-1-3-19-16(14)21-17(24)20-15(23)10-18-7-11-4-12(8-18)6-13(5-11)9-18/h1-3,11-13,22H,4-10H2,(H2,19,20,21,23,24). The van der Waals surface area contributed by atoms with Crippen molar-refractivity contribution in [3.63, 3.8) is 0 Å².